The highest BCUT2D eigenvalue weighted by Gasteiger charge is 2.13. The fourth-order valence-electron chi connectivity index (χ4n) is 1.81. The Balaban J connectivity index is 2.41. The molecule has 0 amide bonds. The molecule has 0 aliphatic carbocycles. The summed E-state index contributed by atoms with van der Waals surface area (Å²) in [7, 11) is 1.61. The van der Waals surface area contributed by atoms with Crippen LogP contribution in [0.1, 0.15) is 21.5 Å². The van der Waals surface area contributed by atoms with Gasteiger partial charge in [0.25, 0.3) is 0 Å². The SMILES string of the molecule is COc1ccc(C(=O)c2ccc(I)c(Cl)c2)c(C)c1. The van der Waals surface area contributed by atoms with Gasteiger partial charge in [-0.2, -0.15) is 0 Å². The minimum absolute atomic E-state index is 0.0292. The summed E-state index contributed by atoms with van der Waals surface area (Å²) < 4.78 is 6.07. The van der Waals surface area contributed by atoms with Crippen LogP contribution in [0.3, 0.4) is 0 Å². The maximum absolute atomic E-state index is 12.4. The van der Waals surface area contributed by atoms with E-state index in [9.17, 15) is 4.79 Å². The van der Waals surface area contributed by atoms with Gasteiger partial charge in [0.05, 0.1) is 12.1 Å². The van der Waals surface area contributed by atoms with Crippen LogP contribution < -0.4 is 4.74 Å². The molecule has 2 rings (SSSR count). The van der Waals surface area contributed by atoms with Gasteiger partial charge in [0.15, 0.2) is 5.78 Å². The third-order valence-electron chi connectivity index (χ3n) is 2.86. The molecule has 0 N–H and O–H groups in total. The van der Waals surface area contributed by atoms with Crippen molar-refractivity contribution in [1.82, 2.24) is 0 Å². The molecule has 2 aromatic rings. The van der Waals surface area contributed by atoms with Gasteiger partial charge in [-0.3, -0.25) is 4.79 Å². The predicted molar refractivity (Wildman–Crippen MR) is 85.3 cm³/mol. The molecule has 98 valence electrons. The Bertz CT molecular complexity index is 638. The first kappa shape index (κ1) is 14.3. The van der Waals surface area contributed by atoms with Gasteiger partial charge in [0.2, 0.25) is 0 Å². The molecule has 0 saturated heterocycles. The van der Waals surface area contributed by atoms with Gasteiger partial charge >= 0.3 is 0 Å². The highest BCUT2D eigenvalue weighted by Crippen LogP contribution is 2.23. The van der Waals surface area contributed by atoms with Crippen LogP contribution in [0.5, 0.6) is 5.75 Å². The molecule has 0 spiro atoms. The van der Waals surface area contributed by atoms with E-state index in [-0.39, 0.29) is 5.78 Å². The number of methoxy groups -OCH3 is 1. The minimum atomic E-state index is -0.0292. The number of hydrogen-bond donors (Lipinski definition) is 0. The van der Waals surface area contributed by atoms with E-state index in [4.69, 9.17) is 16.3 Å². The monoisotopic (exact) mass is 386 g/mol. The van der Waals surface area contributed by atoms with Crippen molar-refractivity contribution in [3.8, 4) is 5.75 Å². The lowest BCUT2D eigenvalue weighted by Crippen LogP contribution is -2.04. The summed E-state index contributed by atoms with van der Waals surface area (Å²) in [6, 6.07) is 10.8. The molecule has 19 heavy (non-hydrogen) atoms. The van der Waals surface area contributed by atoms with E-state index in [0.717, 1.165) is 14.9 Å². The van der Waals surface area contributed by atoms with E-state index in [0.29, 0.717) is 16.1 Å². The van der Waals surface area contributed by atoms with Gasteiger partial charge in [-0.05, 0) is 71.5 Å². The first-order valence-corrected chi connectivity index (χ1v) is 7.13. The first-order chi connectivity index (χ1) is 9.02. The zero-order valence-electron chi connectivity index (χ0n) is 10.5. The standard InChI is InChI=1S/C15H12ClIO2/c1-9-7-11(19-2)4-5-12(9)15(18)10-3-6-14(17)13(16)8-10/h3-8H,1-2H3. The Kier molecular flexibility index (Phi) is 4.47. The summed E-state index contributed by atoms with van der Waals surface area (Å²) in [5.74, 6) is 0.716. The number of aryl methyl sites for hydroxylation is 1. The molecule has 0 atom stereocenters. The smallest absolute Gasteiger partial charge is 0.193 e. The number of ketones is 1. The van der Waals surface area contributed by atoms with Crippen LogP contribution in [-0.2, 0) is 0 Å². The van der Waals surface area contributed by atoms with Gasteiger partial charge in [-0.25, -0.2) is 0 Å². The summed E-state index contributed by atoms with van der Waals surface area (Å²) in [4.78, 5) is 12.4. The molecule has 2 nitrogen and oxygen atoms in total. The van der Waals surface area contributed by atoms with Crippen molar-refractivity contribution < 1.29 is 9.53 Å². The summed E-state index contributed by atoms with van der Waals surface area (Å²) in [5, 5.41) is 0.595. The van der Waals surface area contributed by atoms with Gasteiger partial charge < -0.3 is 4.74 Å². The Morgan fingerprint density at radius 2 is 1.95 bits per heavy atom. The summed E-state index contributed by atoms with van der Waals surface area (Å²) >= 11 is 8.19. The topological polar surface area (TPSA) is 26.3 Å². The molecular weight excluding hydrogens is 375 g/mol. The van der Waals surface area contributed by atoms with E-state index >= 15 is 0 Å². The van der Waals surface area contributed by atoms with Crippen molar-refractivity contribution in [2.24, 2.45) is 0 Å². The average Bonchev–Trinajstić information content (AvgIpc) is 2.41. The molecule has 0 aliphatic heterocycles. The van der Waals surface area contributed by atoms with Gasteiger partial charge in [0.1, 0.15) is 5.75 Å². The molecule has 0 heterocycles. The van der Waals surface area contributed by atoms with E-state index < -0.39 is 0 Å². The number of benzene rings is 2. The fraction of sp³-hybridized carbons (Fsp3) is 0.133. The molecule has 0 unspecified atom stereocenters. The van der Waals surface area contributed by atoms with Gasteiger partial charge in [-0.1, -0.05) is 11.6 Å². The number of hydrogen-bond acceptors (Lipinski definition) is 2. The third-order valence-corrected chi connectivity index (χ3v) is 4.43. The zero-order chi connectivity index (χ0) is 14.0. The van der Waals surface area contributed by atoms with Gasteiger partial charge in [0, 0.05) is 14.7 Å². The van der Waals surface area contributed by atoms with E-state index in [1.165, 1.54) is 0 Å². The minimum Gasteiger partial charge on any atom is -0.497 e. The number of carbonyl (C=O) groups is 1. The van der Waals surface area contributed by atoms with Crippen LogP contribution in [0.15, 0.2) is 36.4 Å². The maximum atomic E-state index is 12.4. The molecule has 0 radical (unpaired) electrons. The van der Waals surface area contributed by atoms with Crippen molar-refractivity contribution >= 4 is 40.0 Å². The predicted octanol–water partition coefficient (Wildman–Crippen LogP) is 4.49. The number of rotatable bonds is 3. The Hall–Kier alpha value is -1.07. The lowest BCUT2D eigenvalue weighted by molar-refractivity contribution is 0.103. The quantitative estimate of drug-likeness (QED) is 0.574. The Morgan fingerprint density at radius 1 is 1.21 bits per heavy atom. The highest BCUT2D eigenvalue weighted by atomic mass is 127. The highest BCUT2D eigenvalue weighted by molar-refractivity contribution is 14.1. The lowest BCUT2D eigenvalue weighted by atomic mass is 9.99. The van der Waals surface area contributed by atoms with Crippen molar-refractivity contribution in [2.75, 3.05) is 7.11 Å². The van der Waals surface area contributed by atoms with Crippen LogP contribution in [0.4, 0.5) is 0 Å². The number of halogens is 2. The number of ether oxygens (including phenoxy) is 1. The average molecular weight is 387 g/mol. The normalized spacial score (nSPS) is 10.3. The second-order valence-electron chi connectivity index (χ2n) is 4.14. The Labute approximate surface area is 130 Å². The van der Waals surface area contributed by atoms with E-state index in [1.807, 2.05) is 19.1 Å². The molecule has 0 aliphatic rings. The second-order valence-corrected chi connectivity index (χ2v) is 5.71. The summed E-state index contributed by atoms with van der Waals surface area (Å²) in [6.45, 7) is 1.89. The van der Waals surface area contributed by atoms with Crippen molar-refractivity contribution in [1.29, 1.82) is 0 Å². The van der Waals surface area contributed by atoms with Gasteiger partial charge in [-0.15, -0.1) is 0 Å². The maximum Gasteiger partial charge on any atom is 0.193 e. The fourth-order valence-corrected chi connectivity index (χ4v) is 2.33. The third kappa shape index (κ3) is 3.09. The number of carbonyl (C=O) groups excluding carboxylic acids is 1. The first-order valence-electron chi connectivity index (χ1n) is 5.67. The van der Waals surface area contributed by atoms with Crippen LogP contribution in [0, 0.1) is 10.5 Å². The van der Waals surface area contributed by atoms with Crippen LogP contribution in [-0.4, -0.2) is 12.9 Å². The van der Waals surface area contributed by atoms with Crippen molar-refractivity contribution in [2.45, 2.75) is 6.92 Å². The largest absolute Gasteiger partial charge is 0.497 e. The summed E-state index contributed by atoms with van der Waals surface area (Å²) in [5.41, 5.74) is 2.15. The van der Waals surface area contributed by atoms with Crippen LogP contribution in [0.25, 0.3) is 0 Å². The molecule has 0 bridgehead atoms. The van der Waals surface area contributed by atoms with Crippen LogP contribution >= 0.6 is 34.2 Å². The molecule has 0 saturated carbocycles. The molecule has 0 fully saturated rings. The molecule has 0 aromatic heterocycles. The lowest BCUT2D eigenvalue weighted by Gasteiger charge is -2.08. The molecule has 4 heteroatoms. The Morgan fingerprint density at radius 3 is 2.53 bits per heavy atom. The zero-order valence-corrected chi connectivity index (χ0v) is 13.4. The molecular formula is C15H12ClIO2. The van der Waals surface area contributed by atoms with E-state index in [1.54, 1.807) is 31.4 Å². The second kappa shape index (κ2) is 5.92. The summed E-state index contributed by atoms with van der Waals surface area (Å²) in [6.07, 6.45) is 0. The van der Waals surface area contributed by atoms with Crippen molar-refractivity contribution in [3.63, 3.8) is 0 Å². The van der Waals surface area contributed by atoms with Crippen LogP contribution in [0.2, 0.25) is 5.02 Å². The van der Waals surface area contributed by atoms with E-state index in [2.05, 4.69) is 22.6 Å². The van der Waals surface area contributed by atoms with Crippen molar-refractivity contribution in [3.05, 3.63) is 61.7 Å². The molecule has 2 aromatic carbocycles.